The minimum atomic E-state index is -0.534. The van der Waals surface area contributed by atoms with Crippen LogP contribution in [0.5, 0.6) is 5.75 Å². The number of hydrogen-bond acceptors (Lipinski definition) is 5. The van der Waals surface area contributed by atoms with Crippen LogP contribution in [0.1, 0.15) is 55.8 Å². The van der Waals surface area contributed by atoms with Gasteiger partial charge in [-0.05, 0) is 38.2 Å². The fourth-order valence-electron chi connectivity index (χ4n) is 2.83. The Morgan fingerprint density at radius 2 is 2.04 bits per heavy atom. The van der Waals surface area contributed by atoms with Gasteiger partial charge in [-0.1, -0.05) is 13.3 Å². The van der Waals surface area contributed by atoms with Crippen LogP contribution < -0.4 is 10.1 Å². The average Bonchev–Trinajstić information content (AvgIpc) is 2.58. The number of methoxy groups -OCH3 is 1. The Kier molecular flexibility index (Phi) is 6.85. The summed E-state index contributed by atoms with van der Waals surface area (Å²) in [4.78, 5) is 12.0. The Hall–Kier alpha value is -1.82. The Bertz CT molecular complexity index is 556. The van der Waals surface area contributed by atoms with Crippen LogP contribution in [-0.4, -0.2) is 36.9 Å². The van der Waals surface area contributed by atoms with Crippen molar-refractivity contribution in [1.29, 1.82) is 0 Å². The molecule has 2 N–H and O–H groups in total. The average molecular weight is 339 g/mol. The number of nitrogens with one attached hydrogen (secondary N) is 1. The maximum atomic E-state index is 14.3. The number of hydrogen-bond donors (Lipinski definition) is 2. The van der Waals surface area contributed by atoms with Gasteiger partial charge in [0.2, 0.25) is 0 Å². The Labute approximate surface area is 142 Å². The van der Waals surface area contributed by atoms with Crippen molar-refractivity contribution < 1.29 is 23.8 Å². The predicted molar refractivity (Wildman–Crippen MR) is 90.0 cm³/mol. The van der Waals surface area contributed by atoms with Crippen molar-refractivity contribution in [2.45, 2.75) is 57.6 Å². The van der Waals surface area contributed by atoms with E-state index in [2.05, 4.69) is 5.32 Å². The number of benzene rings is 1. The van der Waals surface area contributed by atoms with E-state index in [1.54, 1.807) is 0 Å². The topological polar surface area (TPSA) is 67.8 Å². The summed E-state index contributed by atoms with van der Waals surface area (Å²) in [5.74, 6) is -0.973. The van der Waals surface area contributed by atoms with Crippen molar-refractivity contribution in [3.8, 4) is 5.75 Å². The van der Waals surface area contributed by atoms with Crippen molar-refractivity contribution in [2.75, 3.05) is 19.0 Å². The number of rotatable bonds is 7. The molecule has 0 heterocycles. The first-order chi connectivity index (χ1) is 11.5. The van der Waals surface area contributed by atoms with E-state index < -0.39 is 11.8 Å². The molecule has 5 nitrogen and oxygen atoms in total. The molecule has 0 unspecified atom stereocenters. The second kappa shape index (κ2) is 8.87. The Morgan fingerprint density at radius 3 is 2.67 bits per heavy atom. The van der Waals surface area contributed by atoms with Gasteiger partial charge in [0.05, 0.1) is 31.1 Å². The lowest BCUT2D eigenvalue weighted by Crippen LogP contribution is -2.29. The lowest BCUT2D eigenvalue weighted by Gasteiger charge is -2.27. The van der Waals surface area contributed by atoms with Crippen molar-refractivity contribution in [2.24, 2.45) is 0 Å². The highest BCUT2D eigenvalue weighted by Gasteiger charge is 2.23. The summed E-state index contributed by atoms with van der Waals surface area (Å²) < 4.78 is 24.5. The van der Waals surface area contributed by atoms with Crippen molar-refractivity contribution in [3.63, 3.8) is 0 Å². The van der Waals surface area contributed by atoms with Gasteiger partial charge in [0.25, 0.3) is 0 Å². The molecule has 0 saturated heterocycles. The van der Waals surface area contributed by atoms with Crippen molar-refractivity contribution in [1.82, 2.24) is 0 Å². The molecule has 0 aromatic heterocycles. The van der Waals surface area contributed by atoms with Gasteiger partial charge in [0.1, 0.15) is 0 Å². The van der Waals surface area contributed by atoms with E-state index in [9.17, 15) is 14.3 Å². The fraction of sp³-hybridized carbons (Fsp3) is 0.611. The summed E-state index contributed by atoms with van der Waals surface area (Å²) >= 11 is 0. The smallest absolute Gasteiger partial charge is 0.340 e. The third-order valence-corrected chi connectivity index (χ3v) is 4.29. The van der Waals surface area contributed by atoms with Crippen LogP contribution in [0.2, 0.25) is 0 Å². The minimum Gasteiger partial charge on any atom is -0.490 e. The third-order valence-electron chi connectivity index (χ3n) is 4.29. The first-order valence-electron chi connectivity index (χ1n) is 8.54. The maximum absolute atomic E-state index is 14.3. The predicted octanol–water partition coefficient (Wildman–Crippen LogP) is 3.51. The Morgan fingerprint density at radius 1 is 1.33 bits per heavy atom. The number of aliphatic hydroxyl groups is 1. The number of aliphatic hydroxyl groups excluding tert-OH is 1. The first-order valence-corrected chi connectivity index (χ1v) is 8.54. The van der Waals surface area contributed by atoms with E-state index in [1.807, 2.05) is 6.92 Å². The number of carbonyl (C=O) groups excluding carboxylic acids is 1. The molecule has 1 aliphatic rings. The highest BCUT2D eigenvalue weighted by Crippen LogP contribution is 2.30. The summed E-state index contributed by atoms with van der Waals surface area (Å²) in [7, 11) is 1.30. The number of carbonyl (C=O) groups is 1. The second-order valence-electron chi connectivity index (χ2n) is 6.17. The van der Waals surface area contributed by atoms with E-state index in [1.165, 1.54) is 19.2 Å². The van der Waals surface area contributed by atoms with Gasteiger partial charge in [-0.15, -0.1) is 0 Å². The van der Waals surface area contributed by atoms with Crippen LogP contribution in [0.15, 0.2) is 12.1 Å². The summed E-state index contributed by atoms with van der Waals surface area (Å²) in [6.45, 7) is 2.43. The fourth-order valence-corrected chi connectivity index (χ4v) is 2.83. The molecular formula is C18H26FNO4. The van der Waals surface area contributed by atoms with E-state index in [0.717, 1.165) is 25.7 Å². The number of esters is 1. The summed E-state index contributed by atoms with van der Waals surface area (Å²) in [6, 6.07) is 2.79. The molecule has 1 aromatic rings. The highest BCUT2D eigenvalue weighted by atomic mass is 19.1. The monoisotopic (exact) mass is 339 g/mol. The lowest BCUT2D eigenvalue weighted by atomic mass is 9.92. The van der Waals surface area contributed by atoms with Crippen molar-refractivity contribution in [3.05, 3.63) is 23.5 Å². The summed E-state index contributed by atoms with van der Waals surface area (Å²) in [5.41, 5.74) is 0.667. The van der Waals surface area contributed by atoms with Crippen LogP contribution in [0.3, 0.4) is 0 Å². The van der Waals surface area contributed by atoms with E-state index >= 15 is 0 Å². The number of halogens is 1. The molecule has 6 heteroatoms. The largest absolute Gasteiger partial charge is 0.490 e. The van der Waals surface area contributed by atoms with E-state index in [-0.39, 0.29) is 23.5 Å². The van der Waals surface area contributed by atoms with Gasteiger partial charge in [-0.25, -0.2) is 9.18 Å². The molecule has 0 bridgehead atoms. The molecule has 1 saturated carbocycles. The quantitative estimate of drug-likeness (QED) is 0.588. The van der Waals surface area contributed by atoms with Crippen LogP contribution in [0.25, 0.3) is 0 Å². The van der Waals surface area contributed by atoms with Crippen LogP contribution in [0, 0.1) is 5.82 Å². The molecule has 1 aromatic carbocycles. The zero-order valence-corrected chi connectivity index (χ0v) is 14.3. The molecule has 0 amide bonds. The van der Waals surface area contributed by atoms with Gasteiger partial charge in [0, 0.05) is 12.1 Å². The molecule has 24 heavy (non-hydrogen) atoms. The number of anilines is 1. The van der Waals surface area contributed by atoms with E-state index in [0.29, 0.717) is 25.1 Å². The van der Waals surface area contributed by atoms with Gasteiger partial charge in [-0.2, -0.15) is 0 Å². The summed E-state index contributed by atoms with van der Waals surface area (Å²) in [5, 5.41) is 12.8. The van der Waals surface area contributed by atoms with Gasteiger partial charge in [-0.3, -0.25) is 0 Å². The molecule has 0 aliphatic heterocycles. The molecule has 134 valence electrons. The molecule has 1 aliphatic carbocycles. The molecule has 2 rings (SSSR count). The molecule has 0 atom stereocenters. The number of unbranched alkanes of at least 4 members (excludes halogenated alkanes) is 1. The second-order valence-corrected chi connectivity index (χ2v) is 6.17. The lowest BCUT2D eigenvalue weighted by molar-refractivity contribution is 0.0601. The molecule has 1 fully saturated rings. The van der Waals surface area contributed by atoms with Gasteiger partial charge in [0.15, 0.2) is 11.6 Å². The normalized spacial score (nSPS) is 20.5. The van der Waals surface area contributed by atoms with Gasteiger partial charge >= 0.3 is 5.97 Å². The highest BCUT2D eigenvalue weighted by molar-refractivity contribution is 5.96. The Balaban J connectivity index is 2.18. The zero-order chi connectivity index (χ0) is 17.5. The standard InChI is InChI=1S/C18H26FNO4/c1-3-4-9-24-17-10-14(18(22)23-2)16(11-15(17)19)20-12-5-7-13(21)8-6-12/h10-13,20-21H,3-9H2,1-2H3. The number of ether oxygens (including phenoxy) is 2. The van der Waals surface area contributed by atoms with Gasteiger partial charge < -0.3 is 19.9 Å². The zero-order valence-electron chi connectivity index (χ0n) is 14.3. The minimum absolute atomic E-state index is 0.0634. The van der Waals surface area contributed by atoms with Crippen LogP contribution >= 0.6 is 0 Å². The maximum Gasteiger partial charge on any atom is 0.340 e. The van der Waals surface area contributed by atoms with Crippen LogP contribution in [-0.2, 0) is 4.74 Å². The molecule has 0 spiro atoms. The third kappa shape index (κ3) is 4.84. The van der Waals surface area contributed by atoms with E-state index in [4.69, 9.17) is 9.47 Å². The van der Waals surface area contributed by atoms with Crippen LogP contribution in [0.4, 0.5) is 10.1 Å². The molecular weight excluding hydrogens is 313 g/mol. The molecule has 0 radical (unpaired) electrons. The first kappa shape index (κ1) is 18.5. The SMILES string of the molecule is CCCCOc1cc(C(=O)OC)c(NC2CCC(O)CC2)cc1F. The summed E-state index contributed by atoms with van der Waals surface area (Å²) in [6.07, 6.45) is 4.44. The van der Waals surface area contributed by atoms with Crippen molar-refractivity contribution >= 4 is 11.7 Å².